The van der Waals surface area contributed by atoms with E-state index in [1.807, 2.05) is 6.07 Å². The summed E-state index contributed by atoms with van der Waals surface area (Å²) in [6.45, 7) is 0.963. The van der Waals surface area contributed by atoms with Crippen LogP contribution in [0, 0.1) is 0 Å². The first-order valence-electron chi connectivity index (χ1n) is 6.01. The lowest BCUT2D eigenvalue weighted by Crippen LogP contribution is -2.70. The number of fused-ring (bicyclic) bond motifs is 1. The van der Waals surface area contributed by atoms with Crippen LogP contribution >= 0.6 is 15.9 Å². The molecule has 1 spiro atoms. The molecule has 2 atom stereocenters. The van der Waals surface area contributed by atoms with Gasteiger partial charge in [-0.2, -0.15) is 0 Å². The van der Waals surface area contributed by atoms with Crippen LogP contribution in [0.25, 0.3) is 0 Å². The maximum Gasteiger partial charge on any atom is 0.297 e. The Hall–Kier alpha value is -1.89. The molecule has 6 nitrogen and oxygen atoms in total. The summed E-state index contributed by atoms with van der Waals surface area (Å²) in [6.07, 6.45) is 0. The van der Waals surface area contributed by atoms with Crippen LogP contribution in [0.5, 0.6) is 5.75 Å². The molecule has 20 heavy (non-hydrogen) atoms. The van der Waals surface area contributed by atoms with E-state index in [9.17, 15) is 14.4 Å². The van der Waals surface area contributed by atoms with Gasteiger partial charge >= 0.3 is 0 Å². The number of para-hydroxylation sites is 1. The Kier molecular flexibility index (Phi) is 2.82. The average Bonchev–Trinajstić information content (AvgIpc) is 2.68. The first-order chi connectivity index (χ1) is 9.45. The molecule has 0 unspecified atom stereocenters. The number of piperazine rings is 1. The Labute approximate surface area is 123 Å². The van der Waals surface area contributed by atoms with Crippen molar-refractivity contribution in [1.29, 1.82) is 0 Å². The highest BCUT2D eigenvalue weighted by atomic mass is 79.9. The molecule has 2 heterocycles. The van der Waals surface area contributed by atoms with Gasteiger partial charge in [-0.15, -0.1) is 0 Å². The zero-order chi connectivity index (χ0) is 14.5. The minimum atomic E-state index is -1.59. The van der Waals surface area contributed by atoms with Gasteiger partial charge in [0, 0.05) is 12.5 Å². The number of carbonyl (C=O) groups excluding carboxylic acids is 3. The van der Waals surface area contributed by atoms with Crippen molar-refractivity contribution in [3.8, 4) is 5.75 Å². The first kappa shape index (κ1) is 13.1. The van der Waals surface area contributed by atoms with Crippen molar-refractivity contribution in [1.82, 2.24) is 10.2 Å². The number of carbonyl (C=O) groups is 3. The van der Waals surface area contributed by atoms with Crippen molar-refractivity contribution in [3.63, 3.8) is 0 Å². The second kappa shape index (κ2) is 4.31. The number of nitrogens with zero attached hydrogens (tertiary/aromatic N) is 1. The van der Waals surface area contributed by atoms with Crippen LogP contribution in [0.15, 0.2) is 24.3 Å². The molecule has 1 N–H and O–H groups in total. The van der Waals surface area contributed by atoms with Crippen LogP contribution in [0.3, 0.4) is 0 Å². The van der Waals surface area contributed by atoms with E-state index in [1.165, 1.54) is 6.92 Å². The van der Waals surface area contributed by atoms with Crippen molar-refractivity contribution < 1.29 is 19.1 Å². The number of hydrogen-bond acceptors (Lipinski definition) is 4. The predicted octanol–water partition coefficient (Wildman–Crippen LogP) is 0.716. The average molecular weight is 339 g/mol. The highest BCUT2D eigenvalue weighted by Crippen LogP contribution is 2.48. The number of halogens is 1. The summed E-state index contributed by atoms with van der Waals surface area (Å²) in [4.78, 5) is 36.3. The highest BCUT2D eigenvalue weighted by molar-refractivity contribution is 9.09. The van der Waals surface area contributed by atoms with Gasteiger partial charge in [-0.1, -0.05) is 34.1 Å². The molecule has 2 aliphatic rings. The lowest BCUT2D eigenvalue weighted by molar-refractivity contribution is -0.166. The number of amides is 3. The van der Waals surface area contributed by atoms with Crippen molar-refractivity contribution in [3.05, 3.63) is 29.8 Å². The Bertz CT molecular complexity index is 633. The van der Waals surface area contributed by atoms with Crippen molar-refractivity contribution in [2.45, 2.75) is 17.5 Å². The van der Waals surface area contributed by atoms with E-state index in [0.717, 1.165) is 10.5 Å². The van der Waals surface area contributed by atoms with Gasteiger partial charge in [0.2, 0.25) is 11.8 Å². The van der Waals surface area contributed by atoms with Crippen LogP contribution in [0.4, 0.5) is 0 Å². The standard InChI is InChI=1S/C13H11BrN2O4/c1-7(17)16-6-10(18)15-13(12(16)19)11(14)8-4-2-3-5-9(8)20-13/h2-5,11H,6H2,1H3,(H,15,18)/t11-,13+/m0/s1. The third-order valence-electron chi connectivity index (χ3n) is 3.39. The normalized spacial score (nSPS) is 28.1. The summed E-state index contributed by atoms with van der Waals surface area (Å²) in [5.41, 5.74) is -0.837. The molecule has 0 saturated carbocycles. The molecule has 7 heteroatoms. The van der Waals surface area contributed by atoms with Crippen LogP contribution < -0.4 is 10.1 Å². The summed E-state index contributed by atoms with van der Waals surface area (Å²) in [5, 5.41) is 2.57. The number of nitrogens with one attached hydrogen (secondary N) is 1. The maximum atomic E-state index is 12.6. The molecule has 1 aromatic rings. The van der Waals surface area contributed by atoms with Crippen molar-refractivity contribution in [2.75, 3.05) is 6.54 Å². The Morgan fingerprint density at radius 3 is 2.80 bits per heavy atom. The number of rotatable bonds is 0. The Morgan fingerprint density at radius 2 is 2.15 bits per heavy atom. The van der Waals surface area contributed by atoms with Gasteiger partial charge in [0.05, 0.1) is 0 Å². The molecule has 0 aliphatic carbocycles. The van der Waals surface area contributed by atoms with Crippen molar-refractivity contribution in [2.24, 2.45) is 0 Å². The summed E-state index contributed by atoms with van der Waals surface area (Å²) >= 11 is 3.40. The third-order valence-corrected chi connectivity index (χ3v) is 4.53. The maximum absolute atomic E-state index is 12.6. The molecule has 0 bridgehead atoms. The molecule has 1 aromatic carbocycles. The summed E-state index contributed by atoms with van der Waals surface area (Å²) in [7, 11) is 0. The van der Waals surface area contributed by atoms with E-state index in [0.29, 0.717) is 5.75 Å². The predicted molar refractivity (Wildman–Crippen MR) is 72.0 cm³/mol. The van der Waals surface area contributed by atoms with Gasteiger partial charge in [-0.05, 0) is 6.07 Å². The molecule has 0 radical (unpaired) electrons. The van der Waals surface area contributed by atoms with Gasteiger partial charge < -0.3 is 10.1 Å². The van der Waals surface area contributed by atoms with E-state index in [-0.39, 0.29) is 6.54 Å². The number of hydrogen-bond donors (Lipinski definition) is 1. The van der Waals surface area contributed by atoms with Crippen molar-refractivity contribution >= 4 is 33.7 Å². The highest BCUT2D eigenvalue weighted by Gasteiger charge is 2.59. The molecular weight excluding hydrogens is 328 g/mol. The van der Waals surface area contributed by atoms with Crippen LogP contribution in [-0.2, 0) is 14.4 Å². The molecule has 2 aliphatic heterocycles. The number of imide groups is 1. The molecule has 3 amide bonds. The van der Waals surface area contributed by atoms with E-state index in [4.69, 9.17) is 4.74 Å². The monoisotopic (exact) mass is 338 g/mol. The van der Waals surface area contributed by atoms with Gasteiger partial charge in [-0.25, -0.2) is 0 Å². The number of benzene rings is 1. The summed E-state index contributed by atoms with van der Waals surface area (Å²) in [5.74, 6) is -0.975. The lowest BCUT2D eigenvalue weighted by Gasteiger charge is -2.38. The molecule has 0 aromatic heterocycles. The fraction of sp³-hybridized carbons (Fsp3) is 0.308. The largest absolute Gasteiger partial charge is 0.457 e. The van der Waals surface area contributed by atoms with Crippen LogP contribution in [0.1, 0.15) is 17.3 Å². The minimum Gasteiger partial charge on any atom is -0.457 e. The second-order valence-corrected chi connectivity index (χ2v) is 5.61. The lowest BCUT2D eigenvalue weighted by atomic mass is 10.0. The fourth-order valence-electron chi connectivity index (χ4n) is 2.44. The first-order valence-corrected chi connectivity index (χ1v) is 6.93. The van der Waals surface area contributed by atoms with Gasteiger partial charge in [0.15, 0.2) is 0 Å². The zero-order valence-electron chi connectivity index (χ0n) is 10.6. The van der Waals surface area contributed by atoms with Gasteiger partial charge in [-0.3, -0.25) is 19.3 Å². The number of ether oxygens (including phenoxy) is 1. The number of alkyl halides is 1. The Morgan fingerprint density at radius 1 is 1.45 bits per heavy atom. The summed E-state index contributed by atoms with van der Waals surface area (Å²) in [6, 6.07) is 7.10. The van der Waals surface area contributed by atoms with Crippen LogP contribution in [-0.4, -0.2) is 34.9 Å². The Balaban J connectivity index is 2.07. The molecule has 1 fully saturated rings. The quantitative estimate of drug-likeness (QED) is 0.707. The SMILES string of the molecule is CC(=O)N1CC(=O)N[C@]2(Oc3ccccc3[C@@H]2Br)C1=O. The second-order valence-electron chi connectivity index (χ2n) is 4.70. The van der Waals surface area contributed by atoms with E-state index in [1.54, 1.807) is 18.2 Å². The zero-order valence-corrected chi connectivity index (χ0v) is 12.1. The minimum absolute atomic E-state index is 0.282. The molecular formula is C13H11BrN2O4. The smallest absolute Gasteiger partial charge is 0.297 e. The molecule has 3 rings (SSSR count). The van der Waals surface area contributed by atoms with E-state index >= 15 is 0 Å². The fourth-order valence-corrected chi connectivity index (χ4v) is 3.22. The van der Waals surface area contributed by atoms with Crippen LogP contribution in [0.2, 0.25) is 0 Å². The molecule has 1 saturated heterocycles. The van der Waals surface area contributed by atoms with E-state index < -0.39 is 28.3 Å². The molecule has 104 valence electrons. The summed E-state index contributed by atoms with van der Waals surface area (Å²) < 4.78 is 5.69. The van der Waals surface area contributed by atoms with Gasteiger partial charge in [0.1, 0.15) is 17.1 Å². The topological polar surface area (TPSA) is 75.7 Å². The third kappa shape index (κ3) is 1.66. The van der Waals surface area contributed by atoms with Gasteiger partial charge in [0.25, 0.3) is 11.6 Å². The van der Waals surface area contributed by atoms with E-state index in [2.05, 4.69) is 21.2 Å².